The van der Waals surface area contributed by atoms with E-state index in [0.29, 0.717) is 23.1 Å². The first kappa shape index (κ1) is 15.9. The van der Waals surface area contributed by atoms with E-state index in [2.05, 4.69) is 16.9 Å². The van der Waals surface area contributed by atoms with Crippen molar-refractivity contribution in [1.82, 2.24) is 9.88 Å². The third-order valence-electron chi connectivity index (χ3n) is 5.31. The van der Waals surface area contributed by atoms with Gasteiger partial charge in [-0.05, 0) is 45.1 Å². The van der Waals surface area contributed by atoms with Gasteiger partial charge in [0.25, 0.3) is 0 Å². The second-order valence-electron chi connectivity index (χ2n) is 6.76. The second kappa shape index (κ2) is 6.03. The Balaban J connectivity index is 1.92. The maximum absolute atomic E-state index is 12.0. The SMILES string of the molecule is CN1CCC(C2(O)c3cccc(Cl)c3OCc3cccnc32)CC1. The van der Waals surface area contributed by atoms with Crippen LogP contribution in [0.25, 0.3) is 0 Å². The molecule has 0 saturated carbocycles. The Bertz CT molecular complexity index is 759. The normalized spacial score (nSPS) is 24.6. The van der Waals surface area contributed by atoms with Gasteiger partial charge in [0, 0.05) is 23.2 Å². The highest BCUT2D eigenvalue weighted by molar-refractivity contribution is 6.32. The van der Waals surface area contributed by atoms with E-state index < -0.39 is 5.60 Å². The molecule has 0 aliphatic carbocycles. The fraction of sp³-hybridized carbons (Fsp3) is 0.421. The lowest BCUT2D eigenvalue weighted by Crippen LogP contribution is -2.44. The summed E-state index contributed by atoms with van der Waals surface area (Å²) in [5.74, 6) is 0.667. The summed E-state index contributed by atoms with van der Waals surface area (Å²) in [5, 5.41) is 12.5. The Kier molecular flexibility index (Phi) is 3.99. The number of benzene rings is 1. The van der Waals surface area contributed by atoms with Gasteiger partial charge in [-0.2, -0.15) is 0 Å². The summed E-state index contributed by atoms with van der Waals surface area (Å²) in [6.45, 7) is 2.30. The van der Waals surface area contributed by atoms with Crippen LogP contribution in [0.3, 0.4) is 0 Å². The standard InChI is InChI=1S/C19H21ClN2O2/c1-22-10-7-14(8-11-22)19(23)15-5-2-6-16(20)17(15)24-12-13-4-3-9-21-18(13)19/h2-6,9,14,23H,7-8,10-12H2,1H3. The minimum Gasteiger partial charge on any atom is -0.487 e. The number of para-hydroxylation sites is 1. The lowest BCUT2D eigenvalue weighted by molar-refractivity contribution is -0.0146. The van der Waals surface area contributed by atoms with Crippen molar-refractivity contribution in [3.8, 4) is 5.75 Å². The summed E-state index contributed by atoms with van der Waals surface area (Å²) >= 11 is 6.38. The van der Waals surface area contributed by atoms with E-state index in [1.807, 2.05) is 24.3 Å². The van der Waals surface area contributed by atoms with E-state index in [1.54, 1.807) is 12.3 Å². The molecule has 1 N–H and O–H groups in total. The van der Waals surface area contributed by atoms with Gasteiger partial charge < -0.3 is 14.7 Å². The fourth-order valence-electron chi connectivity index (χ4n) is 3.97. The van der Waals surface area contributed by atoms with Crippen LogP contribution in [0.2, 0.25) is 5.02 Å². The van der Waals surface area contributed by atoms with Gasteiger partial charge in [0.15, 0.2) is 0 Å². The van der Waals surface area contributed by atoms with E-state index in [-0.39, 0.29) is 5.92 Å². The highest BCUT2D eigenvalue weighted by atomic mass is 35.5. The van der Waals surface area contributed by atoms with Crippen molar-refractivity contribution < 1.29 is 9.84 Å². The van der Waals surface area contributed by atoms with Gasteiger partial charge in [-0.25, -0.2) is 0 Å². The van der Waals surface area contributed by atoms with Gasteiger partial charge in [0.05, 0.1) is 10.7 Å². The monoisotopic (exact) mass is 344 g/mol. The Morgan fingerprint density at radius 1 is 1.25 bits per heavy atom. The fourth-order valence-corrected chi connectivity index (χ4v) is 4.20. The van der Waals surface area contributed by atoms with Crippen LogP contribution in [0.5, 0.6) is 5.75 Å². The Hall–Kier alpha value is -1.62. The van der Waals surface area contributed by atoms with Crippen molar-refractivity contribution in [3.05, 3.63) is 58.4 Å². The van der Waals surface area contributed by atoms with Gasteiger partial charge in [-0.15, -0.1) is 0 Å². The van der Waals surface area contributed by atoms with Crippen LogP contribution in [0.1, 0.15) is 29.7 Å². The predicted molar refractivity (Wildman–Crippen MR) is 93.2 cm³/mol. The number of aromatic nitrogens is 1. The van der Waals surface area contributed by atoms with Gasteiger partial charge in [0.1, 0.15) is 18.0 Å². The predicted octanol–water partition coefficient (Wildman–Crippen LogP) is 3.21. The van der Waals surface area contributed by atoms with Gasteiger partial charge in [0.2, 0.25) is 0 Å². The van der Waals surface area contributed by atoms with E-state index in [1.165, 1.54) is 0 Å². The summed E-state index contributed by atoms with van der Waals surface area (Å²) in [6.07, 6.45) is 3.57. The summed E-state index contributed by atoms with van der Waals surface area (Å²) in [4.78, 5) is 6.87. The number of halogens is 1. The van der Waals surface area contributed by atoms with Crippen LogP contribution >= 0.6 is 11.6 Å². The second-order valence-corrected chi connectivity index (χ2v) is 7.17. The number of pyridine rings is 1. The first-order valence-corrected chi connectivity index (χ1v) is 8.75. The molecule has 4 nitrogen and oxygen atoms in total. The number of fused-ring (bicyclic) bond motifs is 2. The largest absolute Gasteiger partial charge is 0.487 e. The minimum absolute atomic E-state index is 0.0845. The molecule has 0 amide bonds. The Labute approximate surface area is 147 Å². The molecule has 1 aromatic heterocycles. The van der Waals surface area contributed by atoms with Crippen LogP contribution in [-0.4, -0.2) is 35.1 Å². The van der Waals surface area contributed by atoms with E-state index in [0.717, 1.165) is 37.1 Å². The van der Waals surface area contributed by atoms with Gasteiger partial charge in [-0.3, -0.25) is 4.98 Å². The van der Waals surface area contributed by atoms with Crippen molar-refractivity contribution >= 4 is 11.6 Å². The Morgan fingerprint density at radius 2 is 2.04 bits per heavy atom. The van der Waals surface area contributed by atoms with Crippen LogP contribution in [0.4, 0.5) is 0 Å². The molecule has 2 aliphatic rings. The summed E-state index contributed by atoms with van der Waals surface area (Å²) in [7, 11) is 2.12. The molecule has 5 heteroatoms. The average molecular weight is 345 g/mol. The molecule has 1 fully saturated rings. The molecule has 2 aromatic rings. The van der Waals surface area contributed by atoms with Crippen LogP contribution in [-0.2, 0) is 12.2 Å². The molecule has 1 saturated heterocycles. The van der Waals surface area contributed by atoms with E-state index in [4.69, 9.17) is 16.3 Å². The van der Waals surface area contributed by atoms with E-state index >= 15 is 0 Å². The number of rotatable bonds is 1. The van der Waals surface area contributed by atoms with Crippen molar-refractivity contribution in [2.24, 2.45) is 5.92 Å². The van der Waals surface area contributed by atoms with Crippen LogP contribution < -0.4 is 4.74 Å². The molecule has 1 aromatic carbocycles. The zero-order valence-corrected chi connectivity index (χ0v) is 14.5. The van der Waals surface area contributed by atoms with Crippen molar-refractivity contribution in [2.75, 3.05) is 20.1 Å². The number of likely N-dealkylation sites (tertiary alicyclic amines) is 1. The summed E-state index contributed by atoms with van der Waals surface area (Å²) in [5.41, 5.74) is 1.20. The summed E-state index contributed by atoms with van der Waals surface area (Å²) < 4.78 is 5.97. The smallest absolute Gasteiger partial charge is 0.144 e. The quantitative estimate of drug-likeness (QED) is 0.863. The first-order valence-electron chi connectivity index (χ1n) is 8.37. The number of nitrogens with zero attached hydrogens (tertiary/aromatic N) is 2. The van der Waals surface area contributed by atoms with Gasteiger partial charge in [-0.1, -0.05) is 29.8 Å². The lowest BCUT2D eigenvalue weighted by Gasteiger charge is -2.40. The van der Waals surface area contributed by atoms with Gasteiger partial charge >= 0.3 is 0 Å². The zero-order valence-electron chi connectivity index (χ0n) is 13.7. The highest BCUT2D eigenvalue weighted by Gasteiger charge is 2.47. The molecular weight excluding hydrogens is 324 g/mol. The molecule has 0 spiro atoms. The average Bonchev–Trinajstić information content (AvgIpc) is 2.73. The van der Waals surface area contributed by atoms with E-state index in [9.17, 15) is 5.11 Å². The summed E-state index contributed by atoms with van der Waals surface area (Å²) in [6, 6.07) is 9.46. The number of hydrogen-bond acceptors (Lipinski definition) is 4. The van der Waals surface area contributed by atoms with Crippen molar-refractivity contribution in [3.63, 3.8) is 0 Å². The molecular formula is C19H21ClN2O2. The minimum atomic E-state index is -1.17. The molecule has 1 atom stereocenters. The molecule has 24 heavy (non-hydrogen) atoms. The van der Waals surface area contributed by atoms with Crippen molar-refractivity contribution in [2.45, 2.75) is 25.0 Å². The Morgan fingerprint density at radius 3 is 2.83 bits per heavy atom. The maximum Gasteiger partial charge on any atom is 0.144 e. The highest BCUT2D eigenvalue weighted by Crippen LogP contribution is 2.49. The molecule has 0 radical (unpaired) electrons. The first-order chi connectivity index (χ1) is 11.6. The molecule has 2 aliphatic heterocycles. The zero-order chi connectivity index (χ0) is 16.7. The third kappa shape index (κ3) is 2.41. The number of piperidine rings is 1. The molecule has 1 unspecified atom stereocenters. The number of ether oxygens (including phenoxy) is 1. The molecule has 4 rings (SSSR count). The van der Waals surface area contributed by atoms with Crippen LogP contribution in [0, 0.1) is 5.92 Å². The molecule has 126 valence electrons. The third-order valence-corrected chi connectivity index (χ3v) is 5.61. The van der Waals surface area contributed by atoms with Crippen molar-refractivity contribution in [1.29, 1.82) is 0 Å². The molecule has 0 bridgehead atoms. The number of hydrogen-bond donors (Lipinski definition) is 1. The topological polar surface area (TPSA) is 45.6 Å². The molecule has 3 heterocycles. The maximum atomic E-state index is 12.0. The van der Waals surface area contributed by atoms with Crippen LogP contribution in [0.15, 0.2) is 36.5 Å². The lowest BCUT2D eigenvalue weighted by atomic mass is 9.73. The number of aliphatic hydroxyl groups is 1.